The number of aromatic hydroxyl groups is 3. The largest absolute Gasteiger partial charge is 0.504 e. The third-order valence-electron chi connectivity index (χ3n) is 2.86. The standard InChI is InChI=1S/C14H14O12/c1-5(2)12(18)24-4-3-23-11-7(14(20)26-22)6(13(19)25-21)8(15)9(16)10(11)17/h15-17,21-22H,1,3-4H2,2H3. The van der Waals surface area contributed by atoms with Crippen LogP contribution in [0.4, 0.5) is 0 Å². The third kappa shape index (κ3) is 4.12. The topological polar surface area (TPSA) is 189 Å². The first-order chi connectivity index (χ1) is 12.2. The number of ether oxygens (including phenoxy) is 2. The van der Waals surface area contributed by atoms with Gasteiger partial charge in [0, 0.05) is 5.57 Å². The average molecular weight is 374 g/mol. The van der Waals surface area contributed by atoms with Gasteiger partial charge < -0.3 is 24.8 Å². The van der Waals surface area contributed by atoms with Crippen LogP contribution in [-0.4, -0.2) is 57.0 Å². The monoisotopic (exact) mass is 374 g/mol. The van der Waals surface area contributed by atoms with Crippen LogP contribution in [0.15, 0.2) is 12.2 Å². The van der Waals surface area contributed by atoms with Crippen molar-refractivity contribution in [3.63, 3.8) is 0 Å². The van der Waals surface area contributed by atoms with Crippen molar-refractivity contribution in [1.82, 2.24) is 0 Å². The van der Waals surface area contributed by atoms with Crippen molar-refractivity contribution in [3.05, 3.63) is 23.3 Å². The fourth-order valence-corrected chi connectivity index (χ4v) is 1.72. The van der Waals surface area contributed by atoms with Crippen molar-refractivity contribution in [2.45, 2.75) is 6.92 Å². The maximum atomic E-state index is 11.7. The molecule has 0 spiro atoms. The summed E-state index contributed by atoms with van der Waals surface area (Å²) in [5.41, 5.74) is -2.16. The molecule has 0 aliphatic heterocycles. The second-order valence-electron chi connectivity index (χ2n) is 4.65. The van der Waals surface area contributed by atoms with Crippen LogP contribution in [0.5, 0.6) is 23.0 Å². The van der Waals surface area contributed by atoms with Crippen LogP contribution in [-0.2, 0) is 19.3 Å². The van der Waals surface area contributed by atoms with Crippen LogP contribution in [0, 0.1) is 0 Å². The first kappa shape index (κ1) is 20.5. The highest BCUT2D eigenvalue weighted by Crippen LogP contribution is 2.48. The quantitative estimate of drug-likeness (QED) is 0.0849. The average Bonchev–Trinajstić information content (AvgIpc) is 2.62. The molecule has 0 atom stereocenters. The van der Waals surface area contributed by atoms with E-state index >= 15 is 0 Å². The predicted molar refractivity (Wildman–Crippen MR) is 78.8 cm³/mol. The fourth-order valence-electron chi connectivity index (χ4n) is 1.72. The van der Waals surface area contributed by atoms with Crippen LogP contribution in [0.2, 0.25) is 0 Å². The molecule has 26 heavy (non-hydrogen) atoms. The molecule has 12 nitrogen and oxygen atoms in total. The van der Waals surface area contributed by atoms with Crippen LogP contribution >= 0.6 is 0 Å². The molecule has 142 valence electrons. The minimum absolute atomic E-state index is 0.0904. The van der Waals surface area contributed by atoms with Crippen molar-refractivity contribution in [2.75, 3.05) is 13.2 Å². The van der Waals surface area contributed by atoms with Gasteiger partial charge >= 0.3 is 17.9 Å². The molecule has 0 heterocycles. The first-order valence-electron chi connectivity index (χ1n) is 6.65. The van der Waals surface area contributed by atoms with Gasteiger partial charge in [0.05, 0.1) is 0 Å². The SMILES string of the molecule is C=C(C)C(=O)OCCOc1c(O)c(O)c(O)c(C(=O)OO)c1C(=O)OO. The fraction of sp³-hybridized carbons (Fsp3) is 0.214. The Morgan fingerprint density at radius 1 is 0.885 bits per heavy atom. The van der Waals surface area contributed by atoms with E-state index in [2.05, 4.69) is 16.4 Å². The summed E-state index contributed by atoms with van der Waals surface area (Å²) in [4.78, 5) is 41.2. The molecule has 0 aromatic heterocycles. The van der Waals surface area contributed by atoms with Crippen LogP contribution in [0.1, 0.15) is 27.6 Å². The molecule has 0 radical (unpaired) electrons. The molecule has 0 aliphatic rings. The normalized spacial score (nSPS) is 9.96. The minimum Gasteiger partial charge on any atom is -0.504 e. The lowest BCUT2D eigenvalue weighted by atomic mass is 10.0. The Bertz CT molecular complexity index is 751. The van der Waals surface area contributed by atoms with E-state index in [4.69, 9.17) is 20.0 Å². The van der Waals surface area contributed by atoms with Crippen molar-refractivity contribution in [3.8, 4) is 23.0 Å². The number of hydrogen-bond acceptors (Lipinski definition) is 12. The van der Waals surface area contributed by atoms with E-state index in [-0.39, 0.29) is 5.57 Å². The smallest absolute Gasteiger partial charge is 0.377 e. The predicted octanol–water partition coefficient (Wildman–Crippen LogP) is 0.561. The van der Waals surface area contributed by atoms with Gasteiger partial charge in [0.2, 0.25) is 11.5 Å². The van der Waals surface area contributed by atoms with E-state index in [9.17, 15) is 29.7 Å². The molecule has 0 saturated heterocycles. The zero-order valence-corrected chi connectivity index (χ0v) is 13.2. The zero-order chi connectivity index (χ0) is 20.0. The van der Waals surface area contributed by atoms with Gasteiger partial charge in [0.1, 0.15) is 24.3 Å². The van der Waals surface area contributed by atoms with Gasteiger partial charge in [-0.1, -0.05) is 6.58 Å². The lowest BCUT2D eigenvalue weighted by Gasteiger charge is -2.16. The molecular formula is C14H14O12. The number of phenols is 3. The molecule has 5 N–H and O–H groups in total. The van der Waals surface area contributed by atoms with Gasteiger partial charge in [-0.2, -0.15) is 10.5 Å². The number of phenolic OH excluding ortho intramolecular Hbond substituents is 3. The number of hydrogen-bond donors (Lipinski definition) is 5. The summed E-state index contributed by atoms with van der Waals surface area (Å²) in [5.74, 6) is -8.99. The van der Waals surface area contributed by atoms with Gasteiger partial charge in [-0.05, 0) is 6.92 Å². The molecule has 0 amide bonds. The van der Waals surface area contributed by atoms with Crippen LogP contribution in [0.3, 0.4) is 0 Å². The summed E-state index contributed by atoms with van der Waals surface area (Å²) in [6.45, 7) is 3.81. The zero-order valence-electron chi connectivity index (χ0n) is 13.2. The molecule has 0 fully saturated rings. The highest BCUT2D eigenvalue weighted by molar-refractivity contribution is 6.08. The summed E-state index contributed by atoms with van der Waals surface area (Å²) in [7, 11) is 0. The highest BCUT2D eigenvalue weighted by atomic mass is 17.1. The molecule has 1 aromatic carbocycles. The van der Waals surface area contributed by atoms with E-state index in [1.54, 1.807) is 0 Å². The summed E-state index contributed by atoms with van der Waals surface area (Å²) in [5, 5.41) is 46.1. The third-order valence-corrected chi connectivity index (χ3v) is 2.86. The van der Waals surface area contributed by atoms with Crippen molar-refractivity contribution in [1.29, 1.82) is 0 Å². The maximum absolute atomic E-state index is 11.7. The number of carbonyl (C=O) groups excluding carboxylic acids is 3. The Morgan fingerprint density at radius 2 is 1.42 bits per heavy atom. The molecule has 0 saturated carbocycles. The first-order valence-corrected chi connectivity index (χ1v) is 6.65. The van der Waals surface area contributed by atoms with Crippen LogP contribution < -0.4 is 4.74 Å². The second-order valence-corrected chi connectivity index (χ2v) is 4.65. The molecule has 0 unspecified atom stereocenters. The molecular weight excluding hydrogens is 360 g/mol. The lowest BCUT2D eigenvalue weighted by molar-refractivity contribution is -0.185. The van der Waals surface area contributed by atoms with Gasteiger partial charge in [-0.25, -0.2) is 14.4 Å². The number of rotatable bonds is 7. The minimum atomic E-state index is -1.74. The molecule has 0 bridgehead atoms. The van der Waals surface area contributed by atoms with Gasteiger partial charge in [0.25, 0.3) is 0 Å². The second kappa shape index (κ2) is 8.55. The maximum Gasteiger partial charge on any atom is 0.377 e. The Hall–Kier alpha value is -3.51. The molecule has 1 rings (SSSR count). The number of esters is 1. The van der Waals surface area contributed by atoms with Crippen molar-refractivity contribution < 1.29 is 59.5 Å². The Kier molecular flexibility index (Phi) is 6.75. The van der Waals surface area contributed by atoms with E-state index in [0.29, 0.717) is 0 Å². The highest BCUT2D eigenvalue weighted by Gasteiger charge is 2.35. The van der Waals surface area contributed by atoms with Gasteiger partial charge in [-0.3, -0.25) is 9.78 Å². The van der Waals surface area contributed by atoms with E-state index in [1.165, 1.54) is 6.92 Å². The lowest BCUT2D eigenvalue weighted by Crippen LogP contribution is -2.17. The number of carbonyl (C=O) groups is 3. The Morgan fingerprint density at radius 3 is 1.92 bits per heavy atom. The Balaban J connectivity index is 3.30. The molecule has 12 heteroatoms. The Labute approximate surface area is 144 Å². The molecule has 1 aromatic rings. The molecule has 0 aliphatic carbocycles. The van der Waals surface area contributed by atoms with E-state index in [1.807, 2.05) is 0 Å². The van der Waals surface area contributed by atoms with Crippen molar-refractivity contribution in [2.24, 2.45) is 0 Å². The van der Waals surface area contributed by atoms with Gasteiger partial charge in [0.15, 0.2) is 11.5 Å². The summed E-state index contributed by atoms with van der Waals surface area (Å²) in [6.07, 6.45) is 0. The van der Waals surface area contributed by atoms with Crippen molar-refractivity contribution >= 4 is 17.9 Å². The van der Waals surface area contributed by atoms with Gasteiger partial charge in [-0.15, -0.1) is 0 Å². The van der Waals surface area contributed by atoms with E-state index < -0.39 is 65.2 Å². The number of benzene rings is 1. The summed E-state index contributed by atoms with van der Waals surface area (Å²) in [6, 6.07) is 0. The van der Waals surface area contributed by atoms with Crippen LogP contribution in [0.25, 0.3) is 0 Å². The summed E-state index contributed by atoms with van der Waals surface area (Å²) < 4.78 is 9.65. The summed E-state index contributed by atoms with van der Waals surface area (Å²) >= 11 is 0. The van der Waals surface area contributed by atoms with E-state index in [0.717, 1.165) is 0 Å².